The standard InChI is InChI=1S/C14H12Cl2N2OS/c1-18(8-9-4-2-6-11(15)12(9)16)14(19)10-5-3-7-17-13(10)20/h2-7H,8H2,1H3,(H,17,20). The Bertz CT molecular complexity index is 700. The first kappa shape index (κ1) is 15.0. The molecule has 0 bridgehead atoms. The van der Waals surface area contributed by atoms with E-state index in [4.69, 9.17) is 35.4 Å². The average molecular weight is 327 g/mol. The van der Waals surface area contributed by atoms with Crippen LogP contribution in [0.5, 0.6) is 0 Å². The number of nitrogens with one attached hydrogen (secondary N) is 1. The van der Waals surface area contributed by atoms with Gasteiger partial charge in [-0.25, -0.2) is 0 Å². The molecule has 0 aliphatic heterocycles. The summed E-state index contributed by atoms with van der Waals surface area (Å²) < 4.78 is 0.418. The van der Waals surface area contributed by atoms with Crippen LogP contribution in [0.3, 0.4) is 0 Å². The van der Waals surface area contributed by atoms with Crippen molar-refractivity contribution in [1.29, 1.82) is 0 Å². The van der Waals surface area contributed by atoms with Gasteiger partial charge in [-0.1, -0.05) is 47.6 Å². The molecular weight excluding hydrogens is 315 g/mol. The van der Waals surface area contributed by atoms with E-state index in [0.717, 1.165) is 5.56 Å². The van der Waals surface area contributed by atoms with E-state index >= 15 is 0 Å². The van der Waals surface area contributed by atoms with Crippen molar-refractivity contribution in [1.82, 2.24) is 9.88 Å². The highest BCUT2D eigenvalue weighted by atomic mass is 35.5. The normalized spacial score (nSPS) is 10.3. The number of pyridine rings is 1. The average Bonchev–Trinajstić information content (AvgIpc) is 2.43. The van der Waals surface area contributed by atoms with Gasteiger partial charge in [-0.05, 0) is 23.8 Å². The SMILES string of the molecule is CN(Cc1cccc(Cl)c1Cl)C(=O)c1ccc[nH]c1=S. The summed E-state index contributed by atoms with van der Waals surface area (Å²) in [5, 5.41) is 0.939. The van der Waals surface area contributed by atoms with Crippen molar-refractivity contribution in [2.45, 2.75) is 6.54 Å². The van der Waals surface area contributed by atoms with E-state index in [1.54, 1.807) is 42.4 Å². The number of hydrogen-bond donors (Lipinski definition) is 1. The highest BCUT2D eigenvalue weighted by molar-refractivity contribution is 7.71. The fraction of sp³-hybridized carbons (Fsp3) is 0.143. The van der Waals surface area contributed by atoms with E-state index in [-0.39, 0.29) is 5.91 Å². The minimum atomic E-state index is -0.164. The molecule has 0 fully saturated rings. The van der Waals surface area contributed by atoms with Gasteiger partial charge in [-0.15, -0.1) is 0 Å². The number of carbonyl (C=O) groups is 1. The number of aromatic nitrogens is 1. The monoisotopic (exact) mass is 326 g/mol. The number of H-pyrrole nitrogens is 1. The third kappa shape index (κ3) is 3.20. The Morgan fingerprint density at radius 1 is 1.30 bits per heavy atom. The highest BCUT2D eigenvalue weighted by Gasteiger charge is 2.15. The Morgan fingerprint density at radius 3 is 2.75 bits per heavy atom. The van der Waals surface area contributed by atoms with Crippen molar-refractivity contribution >= 4 is 41.3 Å². The van der Waals surface area contributed by atoms with Crippen LogP contribution in [0.25, 0.3) is 0 Å². The molecule has 2 rings (SSSR count). The molecule has 6 heteroatoms. The van der Waals surface area contributed by atoms with Crippen LogP contribution < -0.4 is 0 Å². The number of hydrogen-bond acceptors (Lipinski definition) is 2. The lowest BCUT2D eigenvalue weighted by molar-refractivity contribution is 0.0784. The maximum atomic E-state index is 12.3. The van der Waals surface area contributed by atoms with Gasteiger partial charge in [-0.2, -0.15) is 0 Å². The van der Waals surface area contributed by atoms with Gasteiger partial charge in [0.25, 0.3) is 5.91 Å². The zero-order valence-corrected chi connectivity index (χ0v) is 13.0. The summed E-state index contributed by atoms with van der Waals surface area (Å²) in [5.41, 5.74) is 1.25. The molecular formula is C14H12Cl2N2OS. The van der Waals surface area contributed by atoms with E-state index in [9.17, 15) is 4.79 Å². The molecule has 104 valence electrons. The topological polar surface area (TPSA) is 36.1 Å². The molecule has 0 saturated carbocycles. The molecule has 0 aliphatic carbocycles. The predicted octanol–water partition coefficient (Wildman–Crippen LogP) is 4.32. The molecule has 2 aromatic rings. The van der Waals surface area contributed by atoms with Gasteiger partial charge in [0.2, 0.25) is 0 Å². The van der Waals surface area contributed by atoms with Gasteiger partial charge in [0.1, 0.15) is 4.64 Å². The lowest BCUT2D eigenvalue weighted by atomic mass is 10.2. The maximum absolute atomic E-state index is 12.3. The first-order valence-electron chi connectivity index (χ1n) is 5.86. The smallest absolute Gasteiger partial charge is 0.256 e. The number of carbonyl (C=O) groups excluding carboxylic acids is 1. The van der Waals surface area contributed by atoms with Crippen molar-refractivity contribution in [2.75, 3.05) is 7.05 Å². The van der Waals surface area contributed by atoms with E-state index < -0.39 is 0 Å². The quantitative estimate of drug-likeness (QED) is 0.852. The fourth-order valence-electron chi connectivity index (χ4n) is 1.79. The van der Waals surface area contributed by atoms with Crippen molar-refractivity contribution in [3.8, 4) is 0 Å². The fourth-order valence-corrected chi connectivity index (χ4v) is 2.40. The zero-order chi connectivity index (χ0) is 14.7. The molecule has 1 aromatic heterocycles. The maximum Gasteiger partial charge on any atom is 0.256 e. The third-order valence-electron chi connectivity index (χ3n) is 2.83. The molecule has 3 nitrogen and oxygen atoms in total. The number of amides is 1. The summed E-state index contributed by atoms with van der Waals surface area (Å²) in [5.74, 6) is -0.164. The number of halogens is 2. The molecule has 0 atom stereocenters. The minimum absolute atomic E-state index is 0.164. The summed E-state index contributed by atoms with van der Waals surface area (Å²) in [6.07, 6.45) is 1.69. The van der Waals surface area contributed by atoms with Crippen LogP contribution in [0.4, 0.5) is 0 Å². The zero-order valence-electron chi connectivity index (χ0n) is 10.7. The molecule has 1 N–H and O–H groups in total. The van der Waals surface area contributed by atoms with Crippen LogP contribution in [0.15, 0.2) is 36.5 Å². The van der Waals surface area contributed by atoms with E-state index in [1.165, 1.54) is 0 Å². The van der Waals surface area contributed by atoms with Crippen molar-refractivity contribution in [3.05, 3.63) is 62.3 Å². The van der Waals surface area contributed by atoms with Crippen LogP contribution in [0.1, 0.15) is 15.9 Å². The second-order valence-corrected chi connectivity index (χ2v) is 5.48. The van der Waals surface area contributed by atoms with Gasteiger partial charge in [0.05, 0.1) is 15.6 Å². The van der Waals surface area contributed by atoms with Crippen LogP contribution in [-0.4, -0.2) is 22.8 Å². The number of rotatable bonds is 3. The number of aromatic amines is 1. The summed E-state index contributed by atoms with van der Waals surface area (Å²) in [4.78, 5) is 16.7. The molecule has 0 spiro atoms. The van der Waals surface area contributed by atoms with E-state index in [0.29, 0.717) is 26.8 Å². The van der Waals surface area contributed by atoms with Gasteiger partial charge >= 0.3 is 0 Å². The Kier molecular flexibility index (Phi) is 4.81. The predicted molar refractivity (Wildman–Crippen MR) is 83.9 cm³/mol. The Hall–Kier alpha value is -1.36. The van der Waals surface area contributed by atoms with Gasteiger partial charge in [0.15, 0.2) is 0 Å². The van der Waals surface area contributed by atoms with Crippen LogP contribution >= 0.6 is 35.4 Å². The Balaban J connectivity index is 2.22. The number of nitrogens with zero attached hydrogens (tertiary/aromatic N) is 1. The molecule has 1 heterocycles. The van der Waals surface area contributed by atoms with Gasteiger partial charge in [0, 0.05) is 19.8 Å². The third-order valence-corrected chi connectivity index (χ3v) is 4.03. The second kappa shape index (κ2) is 6.39. The highest BCUT2D eigenvalue weighted by Crippen LogP contribution is 2.26. The van der Waals surface area contributed by atoms with Crippen molar-refractivity contribution in [2.24, 2.45) is 0 Å². The summed E-state index contributed by atoms with van der Waals surface area (Å²) in [6, 6.07) is 8.78. The summed E-state index contributed by atoms with van der Waals surface area (Å²) >= 11 is 17.2. The van der Waals surface area contributed by atoms with Crippen LogP contribution in [0, 0.1) is 4.64 Å². The Morgan fingerprint density at radius 2 is 2.05 bits per heavy atom. The van der Waals surface area contributed by atoms with Crippen molar-refractivity contribution < 1.29 is 4.79 Å². The molecule has 0 saturated heterocycles. The number of benzene rings is 1. The Labute approximate surface area is 132 Å². The van der Waals surface area contributed by atoms with E-state index in [2.05, 4.69) is 4.98 Å². The molecule has 20 heavy (non-hydrogen) atoms. The summed E-state index contributed by atoms with van der Waals surface area (Å²) in [7, 11) is 1.70. The lowest BCUT2D eigenvalue weighted by Gasteiger charge is -2.18. The van der Waals surface area contributed by atoms with Crippen molar-refractivity contribution in [3.63, 3.8) is 0 Å². The molecule has 1 amide bonds. The summed E-state index contributed by atoms with van der Waals surface area (Å²) in [6.45, 7) is 0.363. The first-order chi connectivity index (χ1) is 9.50. The largest absolute Gasteiger partial charge is 0.352 e. The van der Waals surface area contributed by atoms with Crippen LogP contribution in [-0.2, 0) is 6.54 Å². The minimum Gasteiger partial charge on any atom is -0.352 e. The molecule has 0 aliphatic rings. The lowest BCUT2D eigenvalue weighted by Crippen LogP contribution is -2.26. The molecule has 1 aromatic carbocycles. The van der Waals surface area contributed by atoms with E-state index in [1.807, 2.05) is 6.07 Å². The molecule has 0 radical (unpaired) electrons. The first-order valence-corrected chi connectivity index (χ1v) is 7.03. The second-order valence-electron chi connectivity index (χ2n) is 4.29. The van der Waals surface area contributed by atoms with Gasteiger partial charge in [-0.3, -0.25) is 4.79 Å². The van der Waals surface area contributed by atoms with Crippen LogP contribution in [0.2, 0.25) is 10.0 Å². The van der Waals surface area contributed by atoms with Gasteiger partial charge < -0.3 is 9.88 Å². The molecule has 0 unspecified atom stereocenters.